The van der Waals surface area contributed by atoms with Crippen molar-refractivity contribution < 1.29 is 0 Å². The standard InChI is InChI=1S/C16H24N4/c1-2-6-15-12(4-1)5-3-9-20(15)16-13-10-17-8-7-14(13)18-11-19-16/h11-12,15,17H,1-10H2. The third kappa shape index (κ3) is 2.10. The molecule has 4 heteroatoms. The Morgan fingerprint density at radius 3 is 3.00 bits per heavy atom. The number of nitrogens with one attached hydrogen (secondary N) is 1. The quantitative estimate of drug-likeness (QED) is 0.851. The van der Waals surface area contributed by atoms with Crippen molar-refractivity contribution >= 4 is 5.82 Å². The number of anilines is 1. The summed E-state index contributed by atoms with van der Waals surface area (Å²) in [6, 6.07) is 0.735. The third-order valence-corrected chi connectivity index (χ3v) is 5.37. The number of piperidine rings is 1. The molecule has 20 heavy (non-hydrogen) atoms. The van der Waals surface area contributed by atoms with Gasteiger partial charge in [0.15, 0.2) is 0 Å². The molecular formula is C16H24N4. The third-order valence-electron chi connectivity index (χ3n) is 5.37. The zero-order valence-corrected chi connectivity index (χ0v) is 12.1. The van der Waals surface area contributed by atoms with Crippen molar-refractivity contribution in [2.75, 3.05) is 18.0 Å². The van der Waals surface area contributed by atoms with E-state index in [1.165, 1.54) is 62.1 Å². The molecule has 1 aromatic rings. The van der Waals surface area contributed by atoms with Gasteiger partial charge in [-0.1, -0.05) is 12.8 Å². The molecule has 1 saturated carbocycles. The van der Waals surface area contributed by atoms with Gasteiger partial charge < -0.3 is 10.2 Å². The Morgan fingerprint density at radius 2 is 2.00 bits per heavy atom. The highest BCUT2D eigenvalue weighted by Crippen LogP contribution is 2.38. The first-order chi connectivity index (χ1) is 9.93. The van der Waals surface area contributed by atoms with Crippen LogP contribution in [0.5, 0.6) is 0 Å². The van der Waals surface area contributed by atoms with Crippen molar-refractivity contribution in [1.82, 2.24) is 15.3 Å². The summed E-state index contributed by atoms with van der Waals surface area (Å²) < 4.78 is 0. The summed E-state index contributed by atoms with van der Waals surface area (Å²) in [5.74, 6) is 2.14. The van der Waals surface area contributed by atoms with Gasteiger partial charge in [0, 0.05) is 37.7 Å². The molecule has 4 rings (SSSR count). The Morgan fingerprint density at radius 1 is 1.10 bits per heavy atom. The molecule has 2 fully saturated rings. The van der Waals surface area contributed by atoms with E-state index in [-0.39, 0.29) is 0 Å². The van der Waals surface area contributed by atoms with Gasteiger partial charge in [-0.2, -0.15) is 0 Å². The number of hydrogen-bond acceptors (Lipinski definition) is 4. The number of hydrogen-bond donors (Lipinski definition) is 1. The highest BCUT2D eigenvalue weighted by Gasteiger charge is 2.35. The molecular weight excluding hydrogens is 248 g/mol. The largest absolute Gasteiger partial charge is 0.353 e. The molecule has 0 radical (unpaired) electrons. The number of rotatable bonds is 1. The predicted molar refractivity (Wildman–Crippen MR) is 79.8 cm³/mol. The van der Waals surface area contributed by atoms with Crippen molar-refractivity contribution in [2.24, 2.45) is 5.92 Å². The summed E-state index contributed by atoms with van der Waals surface area (Å²) in [4.78, 5) is 11.8. The average molecular weight is 272 g/mol. The van der Waals surface area contributed by atoms with Gasteiger partial charge in [-0.15, -0.1) is 0 Å². The Kier molecular flexibility index (Phi) is 3.34. The zero-order chi connectivity index (χ0) is 13.4. The molecule has 1 saturated heterocycles. The lowest BCUT2D eigenvalue weighted by molar-refractivity contribution is 0.242. The first-order valence-electron chi connectivity index (χ1n) is 8.23. The summed E-state index contributed by atoms with van der Waals surface area (Å²) >= 11 is 0. The van der Waals surface area contributed by atoms with E-state index in [9.17, 15) is 0 Å². The first-order valence-corrected chi connectivity index (χ1v) is 8.23. The summed E-state index contributed by atoms with van der Waals surface area (Å²) in [7, 11) is 0. The minimum atomic E-state index is 0.735. The highest BCUT2D eigenvalue weighted by atomic mass is 15.2. The average Bonchev–Trinajstić information content (AvgIpc) is 2.54. The van der Waals surface area contributed by atoms with Crippen LogP contribution in [0.25, 0.3) is 0 Å². The summed E-state index contributed by atoms with van der Waals surface area (Å²) in [6.07, 6.45) is 11.2. The van der Waals surface area contributed by atoms with Crippen molar-refractivity contribution in [3.63, 3.8) is 0 Å². The topological polar surface area (TPSA) is 41.1 Å². The smallest absolute Gasteiger partial charge is 0.137 e. The first kappa shape index (κ1) is 12.6. The Hall–Kier alpha value is -1.16. The Labute approximate surface area is 121 Å². The molecule has 3 aliphatic rings. The second kappa shape index (κ2) is 5.32. The van der Waals surface area contributed by atoms with E-state index in [2.05, 4.69) is 20.2 Å². The maximum atomic E-state index is 4.68. The maximum absolute atomic E-state index is 4.68. The van der Waals surface area contributed by atoms with E-state index in [4.69, 9.17) is 0 Å². The molecule has 4 nitrogen and oxygen atoms in total. The van der Waals surface area contributed by atoms with E-state index in [1.807, 2.05) is 0 Å². The van der Waals surface area contributed by atoms with Crippen LogP contribution in [0.1, 0.15) is 49.8 Å². The van der Waals surface area contributed by atoms with E-state index in [0.717, 1.165) is 31.5 Å². The second-order valence-corrected chi connectivity index (χ2v) is 6.50. The molecule has 0 aromatic carbocycles. The van der Waals surface area contributed by atoms with E-state index < -0.39 is 0 Å². The van der Waals surface area contributed by atoms with E-state index in [1.54, 1.807) is 6.33 Å². The molecule has 108 valence electrons. The highest BCUT2D eigenvalue weighted by molar-refractivity contribution is 5.51. The van der Waals surface area contributed by atoms with Crippen LogP contribution in [0.15, 0.2) is 6.33 Å². The van der Waals surface area contributed by atoms with Gasteiger partial charge >= 0.3 is 0 Å². The van der Waals surface area contributed by atoms with Crippen LogP contribution in [0, 0.1) is 5.92 Å². The van der Waals surface area contributed by atoms with Crippen molar-refractivity contribution in [3.05, 3.63) is 17.6 Å². The predicted octanol–water partition coefficient (Wildman–Crippen LogP) is 2.28. The summed E-state index contributed by atoms with van der Waals surface area (Å²) in [6.45, 7) is 3.18. The molecule has 1 aromatic heterocycles. The molecule has 1 N–H and O–H groups in total. The maximum Gasteiger partial charge on any atom is 0.137 e. The minimum absolute atomic E-state index is 0.735. The van der Waals surface area contributed by atoms with Crippen LogP contribution in [0.3, 0.4) is 0 Å². The molecule has 0 bridgehead atoms. The van der Waals surface area contributed by atoms with Gasteiger partial charge in [0.25, 0.3) is 0 Å². The van der Waals surface area contributed by atoms with Crippen LogP contribution in [0.4, 0.5) is 5.82 Å². The lowest BCUT2D eigenvalue weighted by Crippen LogP contribution is -2.48. The summed E-state index contributed by atoms with van der Waals surface area (Å²) in [5, 5.41) is 3.49. The van der Waals surface area contributed by atoms with Gasteiger partial charge in [0.05, 0.1) is 5.69 Å². The van der Waals surface area contributed by atoms with Crippen molar-refractivity contribution in [3.8, 4) is 0 Å². The fraction of sp³-hybridized carbons (Fsp3) is 0.750. The van der Waals surface area contributed by atoms with Gasteiger partial charge in [0.2, 0.25) is 0 Å². The SMILES string of the molecule is c1nc2c(c(N3CCCC4CCCCC43)n1)CNCC2. The van der Waals surface area contributed by atoms with Crippen molar-refractivity contribution in [2.45, 2.75) is 57.5 Å². The van der Waals surface area contributed by atoms with Crippen LogP contribution < -0.4 is 10.2 Å². The van der Waals surface area contributed by atoms with Crippen LogP contribution in [0.2, 0.25) is 0 Å². The fourth-order valence-electron chi connectivity index (χ4n) is 4.39. The molecule has 2 aliphatic heterocycles. The zero-order valence-electron chi connectivity index (χ0n) is 12.1. The lowest BCUT2D eigenvalue weighted by atomic mass is 9.78. The Balaban J connectivity index is 1.69. The number of fused-ring (bicyclic) bond motifs is 2. The molecule has 2 atom stereocenters. The second-order valence-electron chi connectivity index (χ2n) is 6.50. The molecule has 1 aliphatic carbocycles. The van der Waals surface area contributed by atoms with E-state index >= 15 is 0 Å². The van der Waals surface area contributed by atoms with Gasteiger partial charge in [-0.3, -0.25) is 0 Å². The fourth-order valence-corrected chi connectivity index (χ4v) is 4.39. The number of aromatic nitrogens is 2. The van der Waals surface area contributed by atoms with Gasteiger partial charge in [-0.25, -0.2) is 9.97 Å². The lowest BCUT2D eigenvalue weighted by Gasteiger charge is -2.45. The van der Waals surface area contributed by atoms with Crippen molar-refractivity contribution in [1.29, 1.82) is 0 Å². The molecule has 3 heterocycles. The summed E-state index contributed by atoms with van der Waals surface area (Å²) in [5.41, 5.74) is 2.64. The van der Waals surface area contributed by atoms with Crippen LogP contribution in [-0.2, 0) is 13.0 Å². The van der Waals surface area contributed by atoms with Crippen LogP contribution in [-0.4, -0.2) is 29.1 Å². The molecule has 2 unspecified atom stereocenters. The monoisotopic (exact) mass is 272 g/mol. The molecule has 0 spiro atoms. The van der Waals surface area contributed by atoms with Gasteiger partial charge in [-0.05, 0) is 31.6 Å². The Bertz CT molecular complexity index is 485. The normalized spacial score (nSPS) is 29.7. The molecule has 0 amide bonds. The van der Waals surface area contributed by atoms with Gasteiger partial charge in [0.1, 0.15) is 12.1 Å². The minimum Gasteiger partial charge on any atom is -0.353 e. The van der Waals surface area contributed by atoms with Crippen LogP contribution >= 0.6 is 0 Å². The van der Waals surface area contributed by atoms with E-state index in [0.29, 0.717) is 0 Å². The number of nitrogens with zero attached hydrogens (tertiary/aromatic N) is 3.